The minimum Gasteiger partial charge on any atom is -0.459 e. The van der Waals surface area contributed by atoms with E-state index in [0.717, 1.165) is 12.8 Å². The van der Waals surface area contributed by atoms with Crippen molar-refractivity contribution in [3.8, 4) is 0 Å². The number of carbonyl (C=O) groups excluding carboxylic acids is 1. The monoisotopic (exact) mass is 229 g/mol. The Morgan fingerprint density at radius 3 is 2.44 bits per heavy atom. The van der Waals surface area contributed by atoms with E-state index in [1.165, 1.54) is 12.8 Å². The van der Waals surface area contributed by atoms with Gasteiger partial charge in [-0.25, -0.2) is 0 Å². The maximum absolute atomic E-state index is 11.5. The third kappa shape index (κ3) is 4.94. The zero-order valence-corrected chi connectivity index (χ0v) is 10.5. The summed E-state index contributed by atoms with van der Waals surface area (Å²) in [6.07, 6.45) is 4.88. The number of esters is 1. The van der Waals surface area contributed by atoms with Gasteiger partial charge in [0.2, 0.25) is 0 Å². The van der Waals surface area contributed by atoms with Crippen molar-refractivity contribution in [1.82, 2.24) is 0 Å². The van der Waals surface area contributed by atoms with Crippen molar-refractivity contribution in [3.63, 3.8) is 0 Å². The Hall–Kier alpha value is -0.610. The van der Waals surface area contributed by atoms with Crippen LogP contribution in [0.4, 0.5) is 0 Å². The second-order valence-electron chi connectivity index (χ2n) is 5.38. The summed E-state index contributed by atoms with van der Waals surface area (Å²) in [5, 5.41) is 0. The van der Waals surface area contributed by atoms with Crippen LogP contribution in [-0.2, 0) is 14.3 Å². The van der Waals surface area contributed by atoms with E-state index in [2.05, 4.69) is 0 Å². The van der Waals surface area contributed by atoms with Gasteiger partial charge in [0.25, 0.3) is 0 Å². The lowest BCUT2D eigenvalue weighted by atomic mass is 10.2. The minimum atomic E-state index is -0.667. The molecule has 0 aromatic rings. The van der Waals surface area contributed by atoms with Crippen LogP contribution in [0.1, 0.15) is 46.5 Å². The minimum absolute atomic E-state index is 0.263. The standard InChI is InChI=1S/C12H23NO3/c1-12(2,3)16-11(14)10(13)8-15-9-6-4-5-7-9/h9-10H,4-8,13H2,1-3H3/t10-/m0/s1. The van der Waals surface area contributed by atoms with E-state index in [1.54, 1.807) is 0 Å². The van der Waals surface area contributed by atoms with E-state index in [-0.39, 0.29) is 18.7 Å². The van der Waals surface area contributed by atoms with Gasteiger partial charge in [0.05, 0.1) is 12.7 Å². The lowest BCUT2D eigenvalue weighted by Gasteiger charge is -2.22. The Morgan fingerprint density at radius 2 is 1.94 bits per heavy atom. The molecule has 94 valence electrons. The van der Waals surface area contributed by atoms with Crippen molar-refractivity contribution in [2.75, 3.05) is 6.61 Å². The van der Waals surface area contributed by atoms with Gasteiger partial charge in [0, 0.05) is 0 Å². The topological polar surface area (TPSA) is 61.5 Å². The molecule has 1 rings (SSSR count). The zero-order chi connectivity index (χ0) is 12.2. The highest BCUT2D eigenvalue weighted by atomic mass is 16.6. The molecule has 0 bridgehead atoms. The Balaban J connectivity index is 2.23. The summed E-state index contributed by atoms with van der Waals surface area (Å²) in [5.41, 5.74) is 5.22. The van der Waals surface area contributed by atoms with Gasteiger partial charge in [-0.1, -0.05) is 12.8 Å². The molecule has 1 aliphatic rings. The van der Waals surface area contributed by atoms with Gasteiger partial charge in [0.15, 0.2) is 0 Å². The van der Waals surface area contributed by atoms with Crippen LogP contribution in [0.3, 0.4) is 0 Å². The summed E-state index contributed by atoms with van der Waals surface area (Å²) >= 11 is 0. The predicted octanol–water partition coefficient (Wildman–Crippen LogP) is 1.61. The van der Waals surface area contributed by atoms with Crippen LogP contribution in [0.2, 0.25) is 0 Å². The van der Waals surface area contributed by atoms with Crippen molar-refractivity contribution >= 4 is 5.97 Å². The molecule has 0 aliphatic heterocycles. The fourth-order valence-electron chi connectivity index (χ4n) is 1.74. The Morgan fingerprint density at radius 1 is 1.38 bits per heavy atom. The third-order valence-electron chi connectivity index (χ3n) is 2.52. The highest BCUT2D eigenvalue weighted by Gasteiger charge is 2.24. The number of ether oxygens (including phenoxy) is 2. The molecule has 0 amide bonds. The molecule has 1 aliphatic carbocycles. The molecule has 4 nitrogen and oxygen atoms in total. The molecule has 1 atom stereocenters. The molecule has 0 heterocycles. The lowest BCUT2D eigenvalue weighted by Crippen LogP contribution is -2.41. The molecule has 0 aromatic heterocycles. The van der Waals surface area contributed by atoms with Gasteiger partial charge in [0.1, 0.15) is 11.6 Å². The van der Waals surface area contributed by atoms with E-state index in [9.17, 15) is 4.79 Å². The Bertz CT molecular complexity index is 229. The maximum Gasteiger partial charge on any atom is 0.325 e. The van der Waals surface area contributed by atoms with E-state index in [0.29, 0.717) is 0 Å². The number of hydrogen-bond acceptors (Lipinski definition) is 4. The maximum atomic E-state index is 11.5. The van der Waals surface area contributed by atoms with Crippen molar-refractivity contribution in [1.29, 1.82) is 0 Å². The molecule has 16 heavy (non-hydrogen) atoms. The van der Waals surface area contributed by atoms with E-state index < -0.39 is 11.6 Å². The first-order valence-electron chi connectivity index (χ1n) is 5.98. The van der Waals surface area contributed by atoms with Crippen LogP contribution >= 0.6 is 0 Å². The van der Waals surface area contributed by atoms with Crippen LogP contribution in [0.15, 0.2) is 0 Å². The van der Waals surface area contributed by atoms with Gasteiger partial charge < -0.3 is 15.2 Å². The van der Waals surface area contributed by atoms with E-state index in [4.69, 9.17) is 15.2 Å². The molecule has 4 heteroatoms. The largest absolute Gasteiger partial charge is 0.459 e. The van der Waals surface area contributed by atoms with Crippen molar-refractivity contribution in [2.45, 2.75) is 64.2 Å². The Labute approximate surface area is 97.5 Å². The molecule has 2 N–H and O–H groups in total. The average Bonchev–Trinajstić information content (AvgIpc) is 2.63. The summed E-state index contributed by atoms with van der Waals surface area (Å²) in [4.78, 5) is 11.5. The number of hydrogen-bond donors (Lipinski definition) is 1. The highest BCUT2D eigenvalue weighted by Crippen LogP contribution is 2.21. The summed E-state index contributed by atoms with van der Waals surface area (Å²) in [7, 11) is 0. The fraction of sp³-hybridized carbons (Fsp3) is 0.917. The van der Waals surface area contributed by atoms with Gasteiger partial charge in [-0.15, -0.1) is 0 Å². The normalized spacial score (nSPS) is 19.8. The average molecular weight is 229 g/mol. The summed E-state index contributed by atoms with van der Waals surface area (Å²) in [6.45, 7) is 5.75. The summed E-state index contributed by atoms with van der Waals surface area (Å²) in [5.74, 6) is -0.384. The second-order valence-corrected chi connectivity index (χ2v) is 5.38. The molecule has 0 aromatic carbocycles. The molecule has 0 radical (unpaired) electrons. The summed E-state index contributed by atoms with van der Waals surface area (Å²) in [6, 6.07) is -0.667. The van der Waals surface area contributed by atoms with Crippen LogP contribution in [-0.4, -0.2) is 30.3 Å². The van der Waals surface area contributed by atoms with E-state index >= 15 is 0 Å². The fourth-order valence-corrected chi connectivity index (χ4v) is 1.74. The third-order valence-corrected chi connectivity index (χ3v) is 2.52. The molecule has 0 spiro atoms. The predicted molar refractivity (Wildman–Crippen MR) is 62.0 cm³/mol. The number of nitrogens with two attached hydrogens (primary N) is 1. The first kappa shape index (κ1) is 13.5. The second kappa shape index (κ2) is 5.64. The molecular formula is C12H23NO3. The van der Waals surface area contributed by atoms with Crippen LogP contribution in [0.25, 0.3) is 0 Å². The molecule has 0 unspecified atom stereocenters. The van der Waals surface area contributed by atoms with Gasteiger partial charge in [-0.2, -0.15) is 0 Å². The van der Waals surface area contributed by atoms with E-state index in [1.807, 2.05) is 20.8 Å². The van der Waals surface area contributed by atoms with Gasteiger partial charge in [-0.05, 0) is 33.6 Å². The molecule has 0 saturated heterocycles. The first-order valence-corrected chi connectivity index (χ1v) is 5.98. The van der Waals surface area contributed by atoms with Crippen molar-refractivity contribution in [3.05, 3.63) is 0 Å². The molecule has 1 fully saturated rings. The summed E-state index contributed by atoms with van der Waals surface area (Å²) < 4.78 is 10.7. The van der Waals surface area contributed by atoms with Gasteiger partial charge in [-0.3, -0.25) is 4.79 Å². The SMILES string of the molecule is CC(C)(C)OC(=O)[C@@H](N)COC1CCCC1. The smallest absolute Gasteiger partial charge is 0.325 e. The number of rotatable bonds is 4. The highest BCUT2D eigenvalue weighted by molar-refractivity contribution is 5.76. The quantitative estimate of drug-likeness (QED) is 0.744. The van der Waals surface area contributed by atoms with Gasteiger partial charge >= 0.3 is 5.97 Å². The Kier molecular flexibility index (Phi) is 4.74. The first-order chi connectivity index (χ1) is 7.38. The van der Waals surface area contributed by atoms with Crippen molar-refractivity contribution in [2.24, 2.45) is 5.73 Å². The van der Waals surface area contributed by atoms with Crippen molar-refractivity contribution < 1.29 is 14.3 Å². The van der Waals surface area contributed by atoms with Crippen LogP contribution < -0.4 is 5.73 Å². The van der Waals surface area contributed by atoms with Crippen LogP contribution in [0, 0.1) is 0 Å². The zero-order valence-electron chi connectivity index (χ0n) is 10.5. The molecular weight excluding hydrogens is 206 g/mol. The molecule has 1 saturated carbocycles. The lowest BCUT2D eigenvalue weighted by molar-refractivity contribution is -0.158. The van der Waals surface area contributed by atoms with Crippen LogP contribution in [0.5, 0.6) is 0 Å². The number of carbonyl (C=O) groups is 1.